The van der Waals surface area contributed by atoms with Crippen LogP contribution in [0.15, 0.2) is 42.5 Å². The number of benzene rings is 2. The Morgan fingerprint density at radius 1 is 1.15 bits per heavy atom. The molecule has 104 valence electrons. The Morgan fingerprint density at radius 3 is 2.45 bits per heavy atom. The Morgan fingerprint density at radius 2 is 1.85 bits per heavy atom. The van der Waals surface area contributed by atoms with Crippen molar-refractivity contribution in [3.8, 4) is 11.5 Å². The minimum absolute atomic E-state index is 0.276. The van der Waals surface area contributed by atoms with Gasteiger partial charge in [0.1, 0.15) is 17.4 Å². The molecule has 0 atom stereocenters. The molecule has 0 aromatic heterocycles. The zero-order valence-electron chi connectivity index (χ0n) is 10.9. The number of thiocarbonyl (C=S) groups is 1. The third-order valence-corrected chi connectivity index (χ3v) is 2.99. The minimum Gasteiger partial charge on any atom is -0.493 e. The summed E-state index contributed by atoms with van der Waals surface area (Å²) in [4.78, 5) is 0.291. The van der Waals surface area contributed by atoms with Crippen molar-refractivity contribution in [2.45, 2.75) is 6.61 Å². The number of hydrogen-bond donors (Lipinski definition) is 1. The number of methoxy groups -OCH3 is 1. The van der Waals surface area contributed by atoms with Gasteiger partial charge in [0.15, 0.2) is 11.5 Å². The lowest BCUT2D eigenvalue weighted by Gasteiger charge is -2.12. The standard InChI is InChI=1S/C15H14FNO2S/c1-18-13-7-4-11(15(17)20)8-14(13)19-9-10-2-5-12(16)6-3-10/h2-8H,9H2,1H3,(H2,17,20). The third kappa shape index (κ3) is 3.45. The predicted octanol–water partition coefficient (Wildman–Crippen LogP) is 3.05. The summed E-state index contributed by atoms with van der Waals surface area (Å²) >= 11 is 4.93. The Hall–Kier alpha value is -2.14. The van der Waals surface area contributed by atoms with Crippen LogP contribution in [-0.2, 0) is 6.61 Å². The normalized spacial score (nSPS) is 10.1. The highest BCUT2D eigenvalue weighted by Crippen LogP contribution is 2.28. The van der Waals surface area contributed by atoms with E-state index in [0.717, 1.165) is 5.56 Å². The molecule has 3 nitrogen and oxygen atoms in total. The molecule has 2 aromatic carbocycles. The molecule has 0 spiro atoms. The van der Waals surface area contributed by atoms with E-state index >= 15 is 0 Å². The second-order valence-electron chi connectivity index (χ2n) is 4.15. The topological polar surface area (TPSA) is 44.5 Å². The van der Waals surface area contributed by atoms with Gasteiger partial charge in [0.2, 0.25) is 0 Å². The van der Waals surface area contributed by atoms with Crippen LogP contribution in [0.5, 0.6) is 11.5 Å². The molecular formula is C15H14FNO2S. The number of ether oxygens (including phenoxy) is 2. The molecule has 2 N–H and O–H groups in total. The largest absolute Gasteiger partial charge is 0.493 e. The van der Waals surface area contributed by atoms with Gasteiger partial charge in [-0.3, -0.25) is 0 Å². The van der Waals surface area contributed by atoms with Crippen LogP contribution < -0.4 is 15.2 Å². The summed E-state index contributed by atoms with van der Waals surface area (Å²) in [6.07, 6.45) is 0. The summed E-state index contributed by atoms with van der Waals surface area (Å²) in [6, 6.07) is 11.4. The van der Waals surface area contributed by atoms with E-state index in [-0.39, 0.29) is 5.82 Å². The highest BCUT2D eigenvalue weighted by molar-refractivity contribution is 7.80. The molecule has 20 heavy (non-hydrogen) atoms. The van der Waals surface area contributed by atoms with Crippen LogP contribution in [0.25, 0.3) is 0 Å². The lowest BCUT2D eigenvalue weighted by molar-refractivity contribution is 0.284. The average Bonchev–Trinajstić information content (AvgIpc) is 2.46. The SMILES string of the molecule is COc1ccc(C(N)=S)cc1OCc1ccc(F)cc1. The van der Waals surface area contributed by atoms with Crippen LogP contribution in [-0.4, -0.2) is 12.1 Å². The maximum Gasteiger partial charge on any atom is 0.162 e. The first kappa shape index (κ1) is 14.3. The number of rotatable bonds is 5. The molecule has 0 saturated heterocycles. The highest BCUT2D eigenvalue weighted by Gasteiger charge is 2.07. The van der Waals surface area contributed by atoms with E-state index in [1.165, 1.54) is 12.1 Å². The van der Waals surface area contributed by atoms with Crippen molar-refractivity contribution in [2.24, 2.45) is 5.73 Å². The highest BCUT2D eigenvalue weighted by atomic mass is 32.1. The van der Waals surface area contributed by atoms with Crippen molar-refractivity contribution in [3.63, 3.8) is 0 Å². The summed E-state index contributed by atoms with van der Waals surface area (Å²) in [5, 5.41) is 0. The van der Waals surface area contributed by atoms with Crippen molar-refractivity contribution in [1.29, 1.82) is 0 Å². The average molecular weight is 291 g/mol. The molecule has 2 aromatic rings. The molecule has 2 rings (SSSR count). The fourth-order valence-corrected chi connectivity index (χ4v) is 1.81. The molecule has 0 amide bonds. The van der Waals surface area contributed by atoms with Gasteiger partial charge in [-0.05, 0) is 35.9 Å². The Bertz CT molecular complexity index is 614. The van der Waals surface area contributed by atoms with Gasteiger partial charge in [-0.25, -0.2) is 4.39 Å². The maximum atomic E-state index is 12.8. The predicted molar refractivity (Wildman–Crippen MR) is 79.6 cm³/mol. The van der Waals surface area contributed by atoms with E-state index in [2.05, 4.69) is 0 Å². The second-order valence-corrected chi connectivity index (χ2v) is 4.58. The Labute approximate surface area is 122 Å². The first-order valence-electron chi connectivity index (χ1n) is 5.95. The van der Waals surface area contributed by atoms with E-state index in [4.69, 9.17) is 27.4 Å². The van der Waals surface area contributed by atoms with Gasteiger partial charge in [-0.1, -0.05) is 24.4 Å². The van der Waals surface area contributed by atoms with Crippen LogP contribution in [0.1, 0.15) is 11.1 Å². The lowest BCUT2D eigenvalue weighted by atomic mass is 10.2. The first-order valence-corrected chi connectivity index (χ1v) is 6.36. The van der Waals surface area contributed by atoms with Crippen LogP contribution in [0, 0.1) is 5.82 Å². The first-order chi connectivity index (χ1) is 9.60. The molecular weight excluding hydrogens is 277 g/mol. The van der Waals surface area contributed by atoms with Crippen LogP contribution in [0.3, 0.4) is 0 Å². The van der Waals surface area contributed by atoms with Crippen molar-refractivity contribution < 1.29 is 13.9 Å². The third-order valence-electron chi connectivity index (χ3n) is 2.76. The molecule has 5 heteroatoms. The van der Waals surface area contributed by atoms with E-state index in [1.807, 2.05) is 0 Å². The molecule has 0 saturated carbocycles. The fourth-order valence-electron chi connectivity index (χ4n) is 1.68. The molecule has 0 fully saturated rings. The van der Waals surface area contributed by atoms with Crippen molar-refractivity contribution >= 4 is 17.2 Å². The molecule has 0 aliphatic heterocycles. The van der Waals surface area contributed by atoms with Gasteiger partial charge in [0.25, 0.3) is 0 Å². The van der Waals surface area contributed by atoms with Gasteiger partial charge < -0.3 is 15.2 Å². The van der Waals surface area contributed by atoms with Crippen LogP contribution in [0.2, 0.25) is 0 Å². The lowest BCUT2D eigenvalue weighted by Crippen LogP contribution is -2.09. The van der Waals surface area contributed by atoms with Crippen molar-refractivity contribution in [3.05, 3.63) is 59.4 Å². The summed E-state index contributed by atoms with van der Waals surface area (Å²) in [5.41, 5.74) is 7.15. The van der Waals surface area contributed by atoms with Gasteiger partial charge in [0.05, 0.1) is 7.11 Å². The van der Waals surface area contributed by atoms with E-state index < -0.39 is 0 Å². The van der Waals surface area contributed by atoms with Crippen LogP contribution >= 0.6 is 12.2 Å². The molecule has 0 bridgehead atoms. The van der Waals surface area contributed by atoms with Gasteiger partial charge in [0, 0.05) is 5.56 Å². The van der Waals surface area contributed by atoms with Gasteiger partial charge in [-0.15, -0.1) is 0 Å². The number of hydrogen-bond acceptors (Lipinski definition) is 3. The summed E-state index contributed by atoms with van der Waals surface area (Å²) in [5.74, 6) is 0.857. The zero-order chi connectivity index (χ0) is 14.5. The van der Waals surface area contributed by atoms with E-state index in [1.54, 1.807) is 37.4 Å². The summed E-state index contributed by atoms with van der Waals surface area (Å²) in [7, 11) is 1.56. The smallest absolute Gasteiger partial charge is 0.162 e. The van der Waals surface area contributed by atoms with Crippen molar-refractivity contribution in [1.82, 2.24) is 0 Å². The van der Waals surface area contributed by atoms with Crippen molar-refractivity contribution in [2.75, 3.05) is 7.11 Å². The number of nitrogens with two attached hydrogens (primary N) is 1. The molecule has 0 aliphatic rings. The fraction of sp³-hybridized carbons (Fsp3) is 0.133. The van der Waals surface area contributed by atoms with Crippen LogP contribution in [0.4, 0.5) is 4.39 Å². The van der Waals surface area contributed by atoms with E-state index in [0.29, 0.717) is 28.7 Å². The second kappa shape index (κ2) is 6.34. The summed E-state index contributed by atoms with van der Waals surface area (Å²) < 4.78 is 23.7. The van der Waals surface area contributed by atoms with Gasteiger partial charge >= 0.3 is 0 Å². The maximum absolute atomic E-state index is 12.8. The monoisotopic (exact) mass is 291 g/mol. The zero-order valence-corrected chi connectivity index (χ0v) is 11.7. The van der Waals surface area contributed by atoms with Gasteiger partial charge in [-0.2, -0.15) is 0 Å². The molecule has 0 heterocycles. The quantitative estimate of drug-likeness (QED) is 0.860. The molecule has 0 unspecified atom stereocenters. The number of halogens is 1. The molecule has 0 aliphatic carbocycles. The summed E-state index contributed by atoms with van der Waals surface area (Å²) in [6.45, 7) is 0.303. The Balaban J connectivity index is 2.16. The Kier molecular flexibility index (Phi) is 4.53. The van der Waals surface area contributed by atoms with E-state index in [9.17, 15) is 4.39 Å². The minimum atomic E-state index is -0.276. The molecule has 0 radical (unpaired) electrons.